The van der Waals surface area contributed by atoms with Gasteiger partial charge in [-0.25, -0.2) is 9.97 Å². The molecule has 1 aliphatic rings. The molecule has 3 aromatic rings. The van der Waals surface area contributed by atoms with E-state index in [9.17, 15) is 4.79 Å². The number of amides is 1. The first-order valence-electron chi connectivity index (χ1n) is 11.0. The average molecular weight is 470 g/mol. The van der Waals surface area contributed by atoms with Crippen LogP contribution in [0.15, 0.2) is 48.1 Å². The summed E-state index contributed by atoms with van der Waals surface area (Å²) < 4.78 is 2.06. The van der Waals surface area contributed by atoms with Gasteiger partial charge >= 0.3 is 0 Å². The number of hydrogen-bond acceptors (Lipinski definition) is 6. The number of hydrogen-bond donors (Lipinski definition) is 2. The maximum absolute atomic E-state index is 12.8. The first kappa shape index (κ1) is 24.6. The molecule has 1 aromatic carbocycles. The molecule has 8 nitrogen and oxygen atoms in total. The lowest BCUT2D eigenvalue weighted by Gasteiger charge is -2.39. The number of piperidine rings is 1. The third kappa shape index (κ3) is 7.23. The fraction of sp³-hybridized carbons (Fsp3) is 0.417. The SMILES string of the molecule is Cc1nc(CCC(=O)N[C@H]2CN(Cc3nccn3C)CC[C@H]2c2ccccc2)cs1.O=CO. The zero-order valence-corrected chi connectivity index (χ0v) is 19.9. The van der Waals surface area contributed by atoms with Crippen LogP contribution in [0.5, 0.6) is 0 Å². The molecule has 1 amide bonds. The van der Waals surface area contributed by atoms with Gasteiger partial charge in [-0.15, -0.1) is 11.3 Å². The maximum atomic E-state index is 12.8. The van der Waals surface area contributed by atoms with E-state index in [0.29, 0.717) is 18.8 Å². The van der Waals surface area contributed by atoms with Crippen LogP contribution in [0.4, 0.5) is 0 Å². The second-order valence-corrected chi connectivity index (χ2v) is 9.19. The summed E-state index contributed by atoms with van der Waals surface area (Å²) in [5.74, 6) is 1.48. The van der Waals surface area contributed by atoms with Crippen LogP contribution in [0.3, 0.4) is 0 Å². The third-order valence-electron chi connectivity index (χ3n) is 5.83. The molecular weight excluding hydrogens is 438 g/mol. The standard InChI is InChI=1S/C23H29N5OS.CH2O2/c1-17-25-19(16-30-17)8-9-23(29)26-21-14-28(15-22-24-11-13-27(22)2)12-10-20(21)18-6-4-3-5-7-18;2-1-3/h3-7,11,13,16,20-21H,8-10,12,14-15H2,1-2H3,(H,26,29);1H,(H,2,3)/t20-,21-;/m0./s1. The Labute approximate surface area is 198 Å². The Hall–Kier alpha value is -3.04. The summed E-state index contributed by atoms with van der Waals surface area (Å²) in [6.07, 6.45) is 6.00. The van der Waals surface area contributed by atoms with Crippen molar-refractivity contribution in [2.45, 2.75) is 44.7 Å². The highest BCUT2D eigenvalue weighted by Crippen LogP contribution is 2.29. The Morgan fingerprint density at radius 3 is 2.73 bits per heavy atom. The van der Waals surface area contributed by atoms with E-state index in [4.69, 9.17) is 9.90 Å². The Morgan fingerprint density at radius 2 is 2.09 bits per heavy atom. The second kappa shape index (κ2) is 12.3. The molecule has 3 heterocycles. The van der Waals surface area contributed by atoms with E-state index in [1.807, 2.05) is 37.8 Å². The molecule has 0 bridgehead atoms. The lowest BCUT2D eigenvalue weighted by atomic mass is 9.85. The number of likely N-dealkylation sites (tertiary alicyclic amines) is 1. The van der Waals surface area contributed by atoms with Crippen molar-refractivity contribution < 1.29 is 14.7 Å². The first-order valence-corrected chi connectivity index (χ1v) is 11.9. The molecule has 33 heavy (non-hydrogen) atoms. The monoisotopic (exact) mass is 469 g/mol. The first-order chi connectivity index (χ1) is 16.0. The van der Waals surface area contributed by atoms with Crippen LogP contribution in [0.25, 0.3) is 0 Å². The number of rotatable bonds is 7. The summed E-state index contributed by atoms with van der Waals surface area (Å²) in [4.78, 5) is 32.5. The van der Waals surface area contributed by atoms with E-state index in [1.165, 1.54) is 5.56 Å². The smallest absolute Gasteiger partial charge is 0.290 e. The van der Waals surface area contributed by atoms with Gasteiger partial charge in [0.2, 0.25) is 5.91 Å². The number of aromatic nitrogens is 3. The van der Waals surface area contributed by atoms with Crippen LogP contribution in [0.1, 0.15) is 40.8 Å². The maximum Gasteiger partial charge on any atom is 0.290 e. The molecule has 2 atom stereocenters. The van der Waals surface area contributed by atoms with Crippen molar-refractivity contribution in [2.75, 3.05) is 13.1 Å². The third-order valence-corrected chi connectivity index (χ3v) is 6.65. The number of thiazole rings is 1. The van der Waals surface area contributed by atoms with Crippen molar-refractivity contribution in [1.29, 1.82) is 0 Å². The predicted octanol–water partition coefficient (Wildman–Crippen LogP) is 2.99. The molecule has 0 unspecified atom stereocenters. The molecule has 0 saturated carbocycles. The van der Waals surface area contributed by atoms with E-state index < -0.39 is 0 Å². The lowest BCUT2D eigenvalue weighted by molar-refractivity contribution is -0.123. The molecule has 0 spiro atoms. The van der Waals surface area contributed by atoms with Gasteiger partial charge in [-0.05, 0) is 31.9 Å². The molecule has 1 saturated heterocycles. The van der Waals surface area contributed by atoms with Crippen LogP contribution < -0.4 is 5.32 Å². The largest absolute Gasteiger partial charge is 0.483 e. The van der Waals surface area contributed by atoms with E-state index in [1.54, 1.807) is 11.3 Å². The molecule has 2 aromatic heterocycles. The van der Waals surface area contributed by atoms with Crippen LogP contribution >= 0.6 is 11.3 Å². The summed E-state index contributed by atoms with van der Waals surface area (Å²) in [6.45, 7) is 4.37. The second-order valence-electron chi connectivity index (χ2n) is 8.13. The fourth-order valence-electron chi connectivity index (χ4n) is 4.20. The summed E-state index contributed by atoms with van der Waals surface area (Å²) in [5, 5.41) is 13.3. The van der Waals surface area contributed by atoms with E-state index in [0.717, 1.165) is 42.6 Å². The molecule has 1 fully saturated rings. The number of carbonyl (C=O) groups excluding carboxylic acids is 1. The molecule has 4 rings (SSSR count). The predicted molar refractivity (Wildman–Crippen MR) is 128 cm³/mol. The van der Waals surface area contributed by atoms with E-state index in [-0.39, 0.29) is 18.4 Å². The fourth-order valence-corrected chi connectivity index (χ4v) is 4.85. The minimum absolute atomic E-state index is 0.0890. The highest BCUT2D eigenvalue weighted by atomic mass is 32.1. The van der Waals surface area contributed by atoms with Crippen molar-refractivity contribution in [3.63, 3.8) is 0 Å². The number of nitrogens with one attached hydrogen (secondary N) is 1. The van der Waals surface area contributed by atoms with Crippen molar-refractivity contribution in [1.82, 2.24) is 24.8 Å². The molecule has 0 radical (unpaired) electrons. The summed E-state index contributed by atoms with van der Waals surface area (Å²) in [7, 11) is 2.03. The Balaban J connectivity index is 0.000000968. The van der Waals surface area contributed by atoms with Gasteiger partial charge < -0.3 is 15.0 Å². The minimum atomic E-state index is -0.250. The van der Waals surface area contributed by atoms with Gasteiger partial charge in [0.15, 0.2) is 0 Å². The number of imidazole rings is 1. The molecule has 0 aliphatic carbocycles. The van der Waals surface area contributed by atoms with E-state index in [2.05, 4.69) is 49.0 Å². The van der Waals surface area contributed by atoms with Crippen LogP contribution in [0, 0.1) is 6.92 Å². The van der Waals surface area contributed by atoms with Gasteiger partial charge in [0.1, 0.15) is 5.82 Å². The molecule has 176 valence electrons. The van der Waals surface area contributed by atoms with Gasteiger partial charge in [-0.2, -0.15) is 0 Å². The van der Waals surface area contributed by atoms with Gasteiger partial charge in [-0.1, -0.05) is 30.3 Å². The van der Waals surface area contributed by atoms with Crippen molar-refractivity contribution in [3.8, 4) is 0 Å². The Morgan fingerprint density at radius 1 is 1.33 bits per heavy atom. The molecule has 1 aliphatic heterocycles. The Bertz CT molecular complexity index is 1020. The highest BCUT2D eigenvalue weighted by Gasteiger charge is 2.31. The normalized spacial score (nSPS) is 18.2. The van der Waals surface area contributed by atoms with Gasteiger partial charge in [-0.3, -0.25) is 14.5 Å². The van der Waals surface area contributed by atoms with Crippen LogP contribution in [-0.4, -0.2) is 56.1 Å². The zero-order valence-electron chi connectivity index (χ0n) is 19.1. The molecule has 9 heteroatoms. The summed E-state index contributed by atoms with van der Waals surface area (Å²) in [6, 6.07) is 10.7. The zero-order chi connectivity index (χ0) is 23.6. The van der Waals surface area contributed by atoms with Crippen molar-refractivity contribution in [3.05, 3.63) is 70.2 Å². The van der Waals surface area contributed by atoms with Crippen molar-refractivity contribution >= 4 is 23.7 Å². The number of aryl methyl sites for hydroxylation is 3. The molecule has 2 N–H and O–H groups in total. The van der Waals surface area contributed by atoms with Crippen molar-refractivity contribution in [2.24, 2.45) is 7.05 Å². The van der Waals surface area contributed by atoms with E-state index >= 15 is 0 Å². The minimum Gasteiger partial charge on any atom is -0.483 e. The van der Waals surface area contributed by atoms with Crippen LogP contribution in [0.2, 0.25) is 0 Å². The Kier molecular flexibility index (Phi) is 9.14. The quantitative estimate of drug-likeness (QED) is 0.516. The topological polar surface area (TPSA) is 100 Å². The van der Waals surface area contributed by atoms with Gasteiger partial charge in [0.05, 0.1) is 17.2 Å². The average Bonchev–Trinajstić information content (AvgIpc) is 3.41. The van der Waals surface area contributed by atoms with Crippen LogP contribution in [-0.2, 0) is 29.6 Å². The summed E-state index contributed by atoms with van der Waals surface area (Å²) in [5.41, 5.74) is 2.31. The number of benzene rings is 1. The van der Waals surface area contributed by atoms with Gasteiger partial charge in [0.25, 0.3) is 6.47 Å². The summed E-state index contributed by atoms with van der Waals surface area (Å²) >= 11 is 1.64. The van der Waals surface area contributed by atoms with Gasteiger partial charge in [0, 0.05) is 49.7 Å². The molecular formula is C24H31N5O3S. The number of nitrogens with zero attached hydrogens (tertiary/aromatic N) is 4. The highest BCUT2D eigenvalue weighted by molar-refractivity contribution is 7.09. The number of carbonyl (C=O) groups is 2. The lowest BCUT2D eigenvalue weighted by Crippen LogP contribution is -2.51. The number of carboxylic acid groups (broad SMARTS) is 1.